The molecule has 0 aromatic heterocycles. The van der Waals surface area contributed by atoms with Gasteiger partial charge in [0.05, 0.1) is 7.11 Å². The molecular weight excluding hydrogens is 314 g/mol. The van der Waals surface area contributed by atoms with Crippen LogP contribution >= 0.6 is 11.8 Å². The van der Waals surface area contributed by atoms with E-state index < -0.39 is 6.04 Å². The molecule has 0 saturated carbocycles. The van der Waals surface area contributed by atoms with Crippen LogP contribution in [0.15, 0.2) is 23.1 Å². The Balaban J connectivity index is 2.70. The summed E-state index contributed by atoms with van der Waals surface area (Å²) in [5, 5.41) is 2.69. The lowest BCUT2D eigenvalue weighted by molar-refractivity contribution is -0.130. The van der Waals surface area contributed by atoms with Crippen LogP contribution < -0.4 is 10.1 Å². The van der Waals surface area contributed by atoms with Gasteiger partial charge in [-0.3, -0.25) is 4.79 Å². The summed E-state index contributed by atoms with van der Waals surface area (Å²) >= 11 is 1.61. The zero-order valence-corrected chi connectivity index (χ0v) is 15.4. The highest BCUT2D eigenvalue weighted by Gasteiger charge is 2.19. The Hall–Kier alpha value is -1.89. The van der Waals surface area contributed by atoms with E-state index in [-0.39, 0.29) is 11.9 Å². The SMILES string of the molecule is COc1cc(CN(C)C(=O)NC(C)C(=O)N(C)C)ccc1SC. The Bertz CT molecular complexity index is 564. The zero-order valence-electron chi connectivity index (χ0n) is 14.5. The van der Waals surface area contributed by atoms with Crippen LogP contribution in [0.25, 0.3) is 0 Å². The number of urea groups is 1. The van der Waals surface area contributed by atoms with Gasteiger partial charge in [-0.1, -0.05) is 6.07 Å². The van der Waals surface area contributed by atoms with Crippen LogP contribution in [0.4, 0.5) is 4.79 Å². The zero-order chi connectivity index (χ0) is 17.6. The van der Waals surface area contributed by atoms with Crippen LogP contribution in [0, 0.1) is 0 Å². The second-order valence-electron chi connectivity index (χ2n) is 5.45. The molecule has 0 aliphatic heterocycles. The average molecular weight is 339 g/mol. The number of nitrogens with one attached hydrogen (secondary N) is 1. The topological polar surface area (TPSA) is 61.9 Å². The Kier molecular flexibility index (Phi) is 7.22. The Labute approximate surface area is 142 Å². The summed E-state index contributed by atoms with van der Waals surface area (Å²) in [5.74, 6) is 0.651. The van der Waals surface area contributed by atoms with Gasteiger partial charge in [0.25, 0.3) is 0 Å². The second-order valence-corrected chi connectivity index (χ2v) is 6.30. The van der Waals surface area contributed by atoms with Crippen LogP contribution in [0.5, 0.6) is 5.75 Å². The fraction of sp³-hybridized carbons (Fsp3) is 0.500. The van der Waals surface area contributed by atoms with E-state index in [1.807, 2.05) is 24.5 Å². The Morgan fingerprint density at radius 3 is 2.48 bits per heavy atom. The number of hydrogen-bond acceptors (Lipinski definition) is 4. The molecule has 1 aromatic rings. The van der Waals surface area contributed by atoms with Crippen LogP contribution in [-0.2, 0) is 11.3 Å². The highest BCUT2D eigenvalue weighted by atomic mass is 32.2. The molecule has 1 unspecified atom stereocenters. The summed E-state index contributed by atoms with van der Waals surface area (Å²) in [7, 11) is 6.64. The smallest absolute Gasteiger partial charge is 0.318 e. The summed E-state index contributed by atoms with van der Waals surface area (Å²) < 4.78 is 5.35. The highest BCUT2D eigenvalue weighted by molar-refractivity contribution is 7.98. The molecule has 7 heteroatoms. The molecule has 3 amide bonds. The summed E-state index contributed by atoms with van der Waals surface area (Å²) in [6, 6.07) is 5.01. The van der Waals surface area contributed by atoms with E-state index in [1.54, 1.807) is 46.9 Å². The van der Waals surface area contributed by atoms with Crippen molar-refractivity contribution in [2.24, 2.45) is 0 Å². The largest absolute Gasteiger partial charge is 0.496 e. The molecule has 0 aliphatic rings. The van der Waals surface area contributed by atoms with Gasteiger partial charge in [-0.25, -0.2) is 4.79 Å². The molecule has 128 valence electrons. The molecular formula is C16H25N3O3S. The number of amides is 3. The number of carbonyl (C=O) groups is 2. The lowest BCUT2D eigenvalue weighted by Gasteiger charge is -2.23. The first-order valence-electron chi connectivity index (χ1n) is 7.23. The summed E-state index contributed by atoms with van der Waals surface area (Å²) in [6.07, 6.45) is 1.99. The van der Waals surface area contributed by atoms with Crippen molar-refractivity contribution in [1.29, 1.82) is 0 Å². The van der Waals surface area contributed by atoms with Crippen molar-refractivity contribution in [3.63, 3.8) is 0 Å². The van der Waals surface area contributed by atoms with E-state index in [1.165, 1.54) is 9.80 Å². The number of hydrogen-bond donors (Lipinski definition) is 1. The van der Waals surface area contributed by atoms with Crippen molar-refractivity contribution < 1.29 is 14.3 Å². The summed E-state index contributed by atoms with van der Waals surface area (Å²) in [6.45, 7) is 2.10. The molecule has 6 nitrogen and oxygen atoms in total. The molecule has 1 aromatic carbocycles. The number of thioether (sulfide) groups is 1. The monoisotopic (exact) mass is 339 g/mol. The van der Waals surface area contributed by atoms with E-state index in [0.717, 1.165) is 16.2 Å². The molecule has 0 saturated heterocycles. The van der Waals surface area contributed by atoms with E-state index >= 15 is 0 Å². The molecule has 1 rings (SSSR count). The predicted octanol–water partition coefficient (Wildman–Crippen LogP) is 2.04. The van der Waals surface area contributed by atoms with Gasteiger partial charge < -0.3 is 19.9 Å². The Morgan fingerprint density at radius 2 is 1.96 bits per heavy atom. The molecule has 0 spiro atoms. The minimum atomic E-state index is -0.562. The molecule has 0 fully saturated rings. The van der Waals surface area contributed by atoms with Gasteiger partial charge in [0.1, 0.15) is 11.8 Å². The number of nitrogens with zero attached hydrogens (tertiary/aromatic N) is 2. The minimum absolute atomic E-state index is 0.141. The van der Waals surface area contributed by atoms with Gasteiger partial charge in [0, 0.05) is 32.6 Å². The molecule has 0 radical (unpaired) electrons. The van der Waals surface area contributed by atoms with Crippen molar-refractivity contribution in [3.05, 3.63) is 23.8 Å². The number of likely N-dealkylation sites (N-methyl/N-ethyl adjacent to an activating group) is 1. The van der Waals surface area contributed by atoms with Gasteiger partial charge in [0.2, 0.25) is 5.91 Å². The molecule has 0 aliphatic carbocycles. The van der Waals surface area contributed by atoms with Crippen molar-refractivity contribution in [2.75, 3.05) is 34.5 Å². The maximum Gasteiger partial charge on any atom is 0.318 e. The highest BCUT2D eigenvalue weighted by Crippen LogP contribution is 2.28. The summed E-state index contributed by atoms with van der Waals surface area (Å²) in [5.41, 5.74) is 0.962. The molecule has 1 N–H and O–H groups in total. The van der Waals surface area contributed by atoms with Crippen molar-refractivity contribution in [1.82, 2.24) is 15.1 Å². The van der Waals surface area contributed by atoms with E-state index in [4.69, 9.17) is 4.74 Å². The molecule has 0 bridgehead atoms. The number of methoxy groups -OCH3 is 1. The first-order valence-corrected chi connectivity index (χ1v) is 8.46. The second kappa shape index (κ2) is 8.67. The van der Waals surface area contributed by atoms with E-state index in [9.17, 15) is 9.59 Å². The van der Waals surface area contributed by atoms with Crippen molar-refractivity contribution >= 4 is 23.7 Å². The Morgan fingerprint density at radius 1 is 1.30 bits per heavy atom. The third kappa shape index (κ3) is 5.35. The van der Waals surface area contributed by atoms with Gasteiger partial charge >= 0.3 is 6.03 Å². The first kappa shape index (κ1) is 19.2. The number of carbonyl (C=O) groups excluding carboxylic acids is 2. The summed E-state index contributed by atoms with van der Waals surface area (Å²) in [4.78, 5) is 28.0. The van der Waals surface area contributed by atoms with Crippen LogP contribution in [-0.4, -0.2) is 62.3 Å². The number of ether oxygens (including phenoxy) is 1. The normalized spacial score (nSPS) is 11.6. The first-order chi connectivity index (χ1) is 10.8. The number of rotatable bonds is 6. The third-order valence-electron chi connectivity index (χ3n) is 3.37. The maximum absolute atomic E-state index is 12.2. The third-order valence-corrected chi connectivity index (χ3v) is 4.14. The van der Waals surface area contributed by atoms with Crippen LogP contribution in [0.1, 0.15) is 12.5 Å². The molecule has 1 atom stereocenters. The fourth-order valence-corrected chi connectivity index (χ4v) is 2.62. The van der Waals surface area contributed by atoms with Crippen LogP contribution in [0.3, 0.4) is 0 Å². The van der Waals surface area contributed by atoms with Gasteiger partial charge in [-0.2, -0.15) is 0 Å². The van der Waals surface area contributed by atoms with Crippen molar-refractivity contribution in [3.8, 4) is 5.75 Å². The van der Waals surface area contributed by atoms with Gasteiger partial charge in [-0.05, 0) is 30.9 Å². The molecule has 23 heavy (non-hydrogen) atoms. The maximum atomic E-state index is 12.2. The van der Waals surface area contributed by atoms with Gasteiger partial charge in [-0.15, -0.1) is 11.8 Å². The molecule has 0 heterocycles. The van der Waals surface area contributed by atoms with E-state index in [2.05, 4.69) is 5.32 Å². The average Bonchev–Trinajstić information content (AvgIpc) is 2.53. The lowest BCUT2D eigenvalue weighted by atomic mass is 10.2. The predicted molar refractivity (Wildman–Crippen MR) is 92.9 cm³/mol. The van der Waals surface area contributed by atoms with E-state index in [0.29, 0.717) is 6.54 Å². The lowest BCUT2D eigenvalue weighted by Crippen LogP contribution is -2.48. The quantitative estimate of drug-likeness (QED) is 0.806. The van der Waals surface area contributed by atoms with Crippen molar-refractivity contribution in [2.45, 2.75) is 24.4 Å². The standard InChI is InChI=1S/C16H25N3O3S/c1-11(15(20)18(2)3)17-16(21)19(4)10-12-7-8-14(23-6)13(9-12)22-5/h7-9,11H,10H2,1-6H3,(H,17,21). The van der Waals surface area contributed by atoms with Crippen LogP contribution in [0.2, 0.25) is 0 Å². The van der Waals surface area contributed by atoms with Gasteiger partial charge in [0.15, 0.2) is 0 Å². The minimum Gasteiger partial charge on any atom is -0.496 e. The fourth-order valence-electron chi connectivity index (χ4n) is 2.07. The number of benzene rings is 1.